The number of carbonyl (C=O) groups excluding carboxylic acids is 3. The molecule has 30 heavy (non-hydrogen) atoms. The number of hydrogen-bond acceptors (Lipinski definition) is 6. The van der Waals surface area contributed by atoms with Gasteiger partial charge >= 0.3 is 5.97 Å². The largest absolute Gasteiger partial charge is 0.445 e. The van der Waals surface area contributed by atoms with E-state index in [0.29, 0.717) is 24.2 Å². The zero-order valence-electron chi connectivity index (χ0n) is 16.8. The lowest BCUT2D eigenvalue weighted by Gasteiger charge is -2.33. The highest BCUT2D eigenvalue weighted by Crippen LogP contribution is 2.29. The summed E-state index contributed by atoms with van der Waals surface area (Å²) in [5.74, 6) is -0.656. The molecule has 2 aromatic rings. The molecular weight excluding hydrogens is 384 g/mol. The van der Waals surface area contributed by atoms with Gasteiger partial charge in [0.05, 0.1) is 23.4 Å². The number of hydrogen-bond donors (Lipinski definition) is 2. The molecule has 2 aliphatic heterocycles. The van der Waals surface area contributed by atoms with E-state index in [1.165, 1.54) is 0 Å². The van der Waals surface area contributed by atoms with Gasteiger partial charge in [0.25, 0.3) is 5.91 Å². The van der Waals surface area contributed by atoms with Crippen LogP contribution in [0.15, 0.2) is 42.6 Å². The molecule has 1 aromatic heterocycles. The molecule has 4 rings (SSSR count). The number of pyridine rings is 1. The van der Waals surface area contributed by atoms with Crippen molar-refractivity contribution in [2.24, 2.45) is 11.7 Å². The molecule has 156 valence electrons. The fourth-order valence-electron chi connectivity index (χ4n) is 3.99. The summed E-state index contributed by atoms with van der Waals surface area (Å²) in [7, 11) is 0. The first-order valence-electron chi connectivity index (χ1n) is 9.99. The van der Waals surface area contributed by atoms with Gasteiger partial charge in [0, 0.05) is 19.5 Å². The van der Waals surface area contributed by atoms with Crippen molar-refractivity contribution < 1.29 is 19.1 Å². The summed E-state index contributed by atoms with van der Waals surface area (Å²) in [5, 5.41) is 2.79. The van der Waals surface area contributed by atoms with Gasteiger partial charge in [-0.1, -0.05) is 18.2 Å². The van der Waals surface area contributed by atoms with Gasteiger partial charge in [-0.05, 0) is 43.5 Å². The molecule has 0 aliphatic carbocycles. The van der Waals surface area contributed by atoms with Gasteiger partial charge in [0.1, 0.15) is 5.82 Å². The van der Waals surface area contributed by atoms with Crippen LogP contribution in [0.25, 0.3) is 0 Å². The predicted molar refractivity (Wildman–Crippen MR) is 111 cm³/mol. The predicted octanol–water partition coefficient (Wildman–Crippen LogP) is 1.89. The molecule has 1 fully saturated rings. The van der Waals surface area contributed by atoms with Gasteiger partial charge in [-0.2, -0.15) is 0 Å². The second-order valence-electron chi connectivity index (χ2n) is 8.00. The lowest BCUT2D eigenvalue weighted by Crippen LogP contribution is -2.48. The third-order valence-electron chi connectivity index (χ3n) is 5.72. The van der Waals surface area contributed by atoms with Crippen LogP contribution in [0.1, 0.15) is 35.7 Å². The van der Waals surface area contributed by atoms with Crippen molar-refractivity contribution >= 4 is 29.3 Å². The zero-order valence-corrected chi connectivity index (χ0v) is 16.8. The lowest BCUT2D eigenvalue weighted by molar-refractivity contribution is -0.134. The average Bonchev–Trinajstić information content (AvgIpc) is 2.74. The minimum Gasteiger partial charge on any atom is -0.445 e. The van der Waals surface area contributed by atoms with Crippen molar-refractivity contribution in [1.29, 1.82) is 0 Å². The van der Waals surface area contributed by atoms with Crippen molar-refractivity contribution in [3.63, 3.8) is 0 Å². The number of benzene rings is 1. The number of rotatable bonds is 4. The van der Waals surface area contributed by atoms with Crippen LogP contribution >= 0.6 is 0 Å². The Morgan fingerprint density at radius 2 is 2.07 bits per heavy atom. The fourth-order valence-corrected chi connectivity index (χ4v) is 3.99. The molecule has 2 amide bonds. The number of anilines is 2. The normalized spacial score (nSPS) is 23.3. The van der Waals surface area contributed by atoms with Crippen LogP contribution in [0, 0.1) is 5.92 Å². The average molecular weight is 408 g/mol. The van der Waals surface area contributed by atoms with Crippen LogP contribution < -0.4 is 16.0 Å². The van der Waals surface area contributed by atoms with Crippen LogP contribution in [-0.4, -0.2) is 41.5 Å². The topological polar surface area (TPSA) is 115 Å². The first-order valence-corrected chi connectivity index (χ1v) is 9.99. The van der Waals surface area contributed by atoms with E-state index in [0.717, 1.165) is 30.8 Å². The van der Waals surface area contributed by atoms with Crippen LogP contribution in [0.5, 0.6) is 0 Å². The molecule has 1 saturated heterocycles. The summed E-state index contributed by atoms with van der Waals surface area (Å²) < 4.78 is 5.46. The Bertz CT molecular complexity index is 991. The van der Waals surface area contributed by atoms with Gasteiger partial charge in [0.2, 0.25) is 5.91 Å². The van der Waals surface area contributed by atoms with E-state index in [1.54, 1.807) is 37.4 Å². The second-order valence-corrected chi connectivity index (χ2v) is 8.00. The van der Waals surface area contributed by atoms with Crippen molar-refractivity contribution in [3.8, 4) is 0 Å². The summed E-state index contributed by atoms with van der Waals surface area (Å²) in [6.45, 7) is 2.95. The number of primary amides is 1. The maximum atomic E-state index is 12.9. The van der Waals surface area contributed by atoms with E-state index in [2.05, 4.69) is 10.3 Å². The lowest BCUT2D eigenvalue weighted by atomic mass is 9.89. The van der Waals surface area contributed by atoms with E-state index >= 15 is 0 Å². The van der Waals surface area contributed by atoms with Gasteiger partial charge in [0.15, 0.2) is 5.60 Å². The number of nitrogens with one attached hydrogen (secondary N) is 1. The summed E-state index contributed by atoms with van der Waals surface area (Å²) in [6.07, 6.45) is 3.52. The Morgan fingerprint density at radius 3 is 2.80 bits per heavy atom. The number of esters is 1. The third kappa shape index (κ3) is 3.85. The smallest absolute Gasteiger partial charge is 0.339 e. The Balaban J connectivity index is 1.44. The molecule has 0 spiro atoms. The summed E-state index contributed by atoms with van der Waals surface area (Å²) in [6, 6.07) is 10.7. The fraction of sp³-hybridized carbons (Fsp3) is 0.364. The summed E-state index contributed by atoms with van der Waals surface area (Å²) in [4.78, 5) is 43.1. The van der Waals surface area contributed by atoms with Gasteiger partial charge < -0.3 is 20.7 Å². The number of piperidine rings is 1. The molecule has 0 bridgehead atoms. The van der Waals surface area contributed by atoms with Gasteiger partial charge in [-0.15, -0.1) is 0 Å². The number of nitrogens with two attached hydrogens (primary N) is 1. The molecular formula is C22H24N4O4. The summed E-state index contributed by atoms with van der Waals surface area (Å²) in [5.41, 5.74) is 5.92. The van der Waals surface area contributed by atoms with Crippen LogP contribution in [0.2, 0.25) is 0 Å². The molecule has 2 aliphatic rings. The standard InChI is InChI=1S/C22H24N4O4/c1-22(11-14-5-2-3-7-17(14)20(28)30-22)21(29)25-16-8-9-18(24-12-16)26-10-4-6-15(13-26)19(23)27/h2-3,5,7-9,12,15H,4,6,10-11,13H2,1H3,(H2,23,27)(H,25,29). The molecule has 1 aromatic carbocycles. The SMILES string of the molecule is CC1(C(=O)Nc2ccc(N3CCCC(C(N)=O)C3)nc2)Cc2ccccc2C(=O)O1. The number of nitrogens with zero attached hydrogens (tertiary/aromatic N) is 2. The first-order chi connectivity index (χ1) is 14.4. The van der Waals surface area contributed by atoms with Crippen molar-refractivity contribution in [3.05, 3.63) is 53.7 Å². The van der Waals surface area contributed by atoms with Crippen molar-refractivity contribution in [1.82, 2.24) is 4.98 Å². The molecule has 2 atom stereocenters. The second kappa shape index (κ2) is 7.78. The summed E-state index contributed by atoms with van der Waals surface area (Å²) >= 11 is 0. The highest BCUT2D eigenvalue weighted by molar-refractivity contribution is 6.02. The Labute approximate surface area is 174 Å². The first kappa shape index (κ1) is 19.9. The van der Waals surface area contributed by atoms with Gasteiger partial charge in [-0.3, -0.25) is 9.59 Å². The third-order valence-corrected chi connectivity index (χ3v) is 5.72. The van der Waals surface area contributed by atoms with Crippen LogP contribution in [0.3, 0.4) is 0 Å². The monoisotopic (exact) mass is 408 g/mol. The number of amides is 2. The number of ether oxygens (including phenoxy) is 1. The number of fused-ring (bicyclic) bond motifs is 1. The quantitative estimate of drug-likeness (QED) is 0.747. The number of carbonyl (C=O) groups is 3. The molecule has 3 heterocycles. The van der Waals surface area contributed by atoms with Gasteiger partial charge in [-0.25, -0.2) is 9.78 Å². The molecule has 8 nitrogen and oxygen atoms in total. The molecule has 8 heteroatoms. The van der Waals surface area contributed by atoms with Crippen LogP contribution in [-0.2, 0) is 20.7 Å². The van der Waals surface area contributed by atoms with E-state index in [9.17, 15) is 14.4 Å². The maximum absolute atomic E-state index is 12.9. The Morgan fingerprint density at radius 1 is 1.27 bits per heavy atom. The zero-order chi connectivity index (χ0) is 21.3. The Hall–Kier alpha value is -3.42. The minimum absolute atomic E-state index is 0.177. The van der Waals surface area contributed by atoms with Crippen molar-refractivity contribution in [2.45, 2.75) is 31.8 Å². The molecule has 3 N–H and O–H groups in total. The van der Waals surface area contributed by atoms with E-state index < -0.39 is 17.5 Å². The van der Waals surface area contributed by atoms with Crippen LogP contribution in [0.4, 0.5) is 11.5 Å². The maximum Gasteiger partial charge on any atom is 0.339 e. The number of cyclic esters (lactones) is 1. The molecule has 0 saturated carbocycles. The Kier molecular flexibility index (Phi) is 5.15. The minimum atomic E-state index is -1.30. The molecule has 2 unspecified atom stereocenters. The van der Waals surface area contributed by atoms with E-state index in [-0.39, 0.29) is 11.8 Å². The van der Waals surface area contributed by atoms with E-state index in [1.807, 2.05) is 17.0 Å². The van der Waals surface area contributed by atoms with Crippen molar-refractivity contribution in [2.75, 3.05) is 23.3 Å². The number of aromatic nitrogens is 1. The molecule has 0 radical (unpaired) electrons. The van der Waals surface area contributed by atoms with E-state index in [4.69, 9.17) is 10.5 Å². The highest BCUT2D eigenvalue weighted by atomic mass is 16.6. The highest BCUT2D eigenvalue weighted by Gasteiger charge is 2.42.